The minimum Gasteiger partial charge on any atom is -0.444 e. The van der Waals surface area contributed by atoms with Crippen LogP contribution in [-0.2, 0) is 14.3 Å². The molecule has 3 rings (SSSR count). The minimum absolute atomic E-state index is 0.107. The zero-order valence-electron chi connectivity index (χ0n) is 26.5. The number of anilines is 1. The fraction of sp³-hybridized carbons (Fsp3) is 0.417. The van der Waals surface area contributed by atoms with Crippen LogP contribution < -0.4 is 10.6 Å². The van der Waals surface area contributed by atoms with Gasteiger partial charge in [0.05, 0.1) is 0 Å². The van der Waals surface area contributed by atoms with Gasteiger partial charge < -0.3 is 20.3 Å². The summed E-state index contributed by atoms with van der Waals surface area (Å²) in [4.78, 5) is 43.1. The number of fused-ring (bicyclic) bond motifs is 1. The first-order valence-electron chi connectivity index (χ1n) is 15.2. The molecule has 0 bridgehead atoms. The second-order valence-electron chi connectivity index (χ2n) is 12.4. The summed E-state index contributed by atoms with van der Waals surface area (Å²) in [6, 6.07) is 19.4. The second-order valence-corrected chi connectivity index (χ2v) is 12.4. The monoisotopic (exact) mass is 585 g/mol. The highest BCUT2D eigenvalue weighted by Gasteiger charge is 2.36. The molecule has 0 heterocycles. The Balaban J connectivity index is 2.06. The number of benzene rings is 3. The summed E-state index contributed by atoms with van der Waals surface area (Å²) < 4.78 is 5.50. The Bertz CT molecular complexity index is 1410. The third-order valence-corrected chi connectivity index (χ3v) is 7.02. The van der Waals surface area contributed by atoms with Crippen LogP contribution in [-0.4, -0.2) is 41.0 Å². The fourth-order valence-corrected chi connectivity index (χ4v) is 5.05. The van der Waals surface area contributed by atoms with E-state index in [0.29, 0.717) is 30.6 Å². The van der Waals surface area contributed by atoms with E-state index in [0.717, 1.165) is 29.2 Å². The van der Waals surface area contributed by atoms with Gasteiger partial charge in [-0.1, -0.05) is 94.8 Å². The van der Waals surface area contributed by atoms with E-state index in [9.17, 15) is 14.4 Å². The van der Waals surface area contributed by atoms with Crippen molar-refractivity contribution < 1.29 is 19.1 Å². The van der Waals surface area contributed by atoms with Gasteiger partial charge in [0.2, 0.25) is 5.91 Å². The van der Waals surface area contributed by atoms with Gasteiger partial charge in [-0.25, -0.2) is 4.79 Å². The highest BCUT2D eigenvalue weighted by molar-refractivity contribution is 6.00. The van der Waals surface area contributed by atoms with Crippen molar-refractivity contribution in [1.29, 1.82) is 0 Å². The zero-order chi connectivity index (χ0) is 31.6. The lowest BCUT2D eigenvalue weighted by Crippen LogP contribution is -2.53. The van der Waals surface area contributed by atoms with E-state index < -0.39 is 23.8 Å². The molecule has 2 atom stereocenters. The summed E-state index contributed by atoms with van der Waals surface area (Å²) in [5.74, 6) is -0.546. The molecule has 7 nitrogen and oxygen atoms in total. The zero-order valence-corrected chi connectivity index (χ0v) is 26.5. The highest BCUT2D eigenvalue weighted by atomic mass is 16.6. The topological polar surface area (TPSA) is 87.7 Å². The summed E-state index contributed by atoms with van der Waals surface area (Å²) in [7, 11) is 0. The first-order chi connectivity index (χ1) is 20.4. The van der Waals surface area contributed by atoms with Crippen molar-refractivity contribution in [3.63, 3.8) is 0 Å². The first-order valence-corrected chi connectivity index (χ1v) is 15.2. The largest absolute Gasteiger partial charge is 0.444 e. The van der Waals surface area contributed by atoms with Crippen molar-refractivity contribution >= 4 is 40.4 Å². The van der Waals surface area contributed by atoms with Gasteiger partial charge in [-0.2, -0.15) is 0 Å². The Hall–Kier alpha value is -4.13. The molecule has 0 aromatic heterocycles. The number of nitrogens with one attached hydrogen (secondary N) is 2. The number of alkyl carbamates (subject to hydrolysis) is 1. The predicted octanol–water partition coefficient (Wildman–Crippen LogP) is 8.12. The van der Waals surface area contributed by atoms with E-state index in [1.54, 1.807) is 31.7 Å². The summed E-state index contributed by atoms with van der Waals surface area (Å²) in [6.07, 6.45) is 4.01. The van der Waals surface area contributed by atoms with Crippen LogP contribution in [0, 0.1) is 5.92 Å². The van der Waals surface area contributed by atoms with Gasteiger partial charge in [0.25, 0.3) is 5.91 Å². The first kappa shape index (κ1) is 33.4. The van der Waals surface area contributed by atoms with Gasteiger partial charge in [0.1, 0.15) is 17.7 Å². The molecule has 0 spiro atoms. The molecule has 0 radical (unpaired) electrons. The van der Waals surface area contributed by atoms with Gasteiger partial charge in [0, 0.05) is 12.2 Å². The van der Waals surface area contributed by atoms with Gasteiger partial charge >= 0.3 is 6.09 Å². The van der Waals surface area contributed by atoms with Crippen LogP contribution in [0.5, 0.6) is 0 Å². The number of unbranched alkanes of at least 4 members (excludes halogenated alkanes) is 2. The number of nitrogens with zero attached hydrogens (tertiary/aromatic N) is 1. The highest BCUT2D eigenvalue weighted by Crippen LogP contribution is 2.28. The average Bonchev–Trinajstić information content (AvgIpc) is 2.94. The molecule has 0 saturated carbocycles. The third kappa shape index (κ3) is 9.98. The number of carbonyl (C=O) groups is 3. The van der Waals surface area contributed by atoms with Crippen molar-refractivity contribution in [2.45, 2.75) is 84.9 Å². The molecular weight excluding hydrogens is 538 g/mol. The van der Waals surface area contributed by atoms with Crippen molar-refractivity contribution in [2.24, 2.45) is 5.92 Å². The van der Waals surface area contributed by atoms with E-state index in [1.807, 2.05) is 80.6 Å². The van der Waals surface area contributed by atoms with Crippen molar-refractivity contribution in [2.75, 3.05) is 11.9 Å². The molecule has 0 saturated heterocycles. The van der Waals surface area contributed by atoms with Crippen LogP contribution >= 0.6 is 0 Å². The van der Waals surface area contributed by atoms with Crippen LogP contribution in [0.15, 0.2) is 73.3 Å². The van der Waals surface area contributed by atoms with Crippen LogP contribution in [0.3, 0.4) is 0 Å². The van der Waals surface area contributed by atoms with Crippen molar-refractivity contribution in [3.8, 4) is 0 Å². The number of hydrogen-bond acceptors (Lipinski definition) is 4. The summed E-state index contributed by atoms with van der Waals surface area (Å²) in [5, 5.41) is 7.96. The molecule has 7 heteroatoms. The Morgan fingerprint density at radius 3 is 2.33 bits per heavy atom. The van der Waals surface area contributed by atoms with Crippen LogP contribution in [0.2, 0.25) is 0 Å². The number of ether oxygens (including phenoxy) is 1. The molecule has 43 heavy (non-hydrogen) atoms. The van der Waals surface area contributed by atoms with Crippen molar-refractivity contribution in [3.05, 3.63) is 84.4 Å². The number of amides is 3. The van der Waals surface area contributed by atoms with E-state index in [4.69, 9.17) is 4.74 Å². The molecule has 0 aliphatic heterocycles. The Kier molecular flexibility index (Phi) is 11.9. The Labute approximate surface area is 256 Å². The van der Waals surface area contributed by atoms with E-state index >= 15 is 0 Å². The van der Waals surface area contributed by atoms with Crippen LogP contribution in [0.4, 0.5) is 10.5 Å². The predicted molar refractivity (Wildman–Crippen MR) is 176 cm³/mol. The molecule has 2 unspecified atom stereocenters. The maximum absolute atomic E-state index is 14.4. The Morgan fingerprint density at radius 2 is 1.67 bits per heavy atom. The van der Waals surface area contributed by atoms with Gasteiger partial charge in [-0.15, -0.1) is 0 Å². The average molecular weight is 586 g/mol. The molecule has 3 aromatic carbocycles. The molecule has 3 amide bonds. The maximum Gasteiger partial charge on any atom is 0.408 e. The smallest absolute Gasteiger partial charge is 0.408 e. The van der Waals surface area contributed by atoms with Gasteiger partial charge in [-0.05, 0) is 79.6 Å². The maximum atomic E-state index is 14.4. The lowest BCUT2D eigenvalue weighted by atomic mass is 9.97. The minimum atomic E-state index is -0.939. The van der Waals surface area contributed by atoms with Crippen LogP contribution in [0.25, 0.3) is 16.8 Å². The number of hydrogen-bond donors (Lipinski definition) is 2. The van der Waals surface area contributed by atoms with E-state index in [-0.39, 0.29) is 17.7 Å². The molecule has 2 N–H and O–H groups in total. The third-order valence-electron chi connectivity index (χ3n) is 7.02. The second kappa shape index (κ2) is 15.4. The summed E-state index contributed by atoms with van der Waals surface area (Å²) in [5.41, 5.74) is 1.43. The van der Waals surface area contributed by atoms with Gasteiger partial charge in [0.15, 0.2) is 0 Å². The lowest BCUT2D eigenvalue weighted by Gasteiger charge is -2.35. The molecular formula is C36H47N3O4. The number of carbonyl (C=O) groups excluding carboxylic acids is 3. The standard InChI is InChI=1S/C36H47N3O4/c1-8-10-13-21-39(34(41)31(22-25(3)4)38-35(42)43-36(5,6)7)32(29-18-14-15-26(9-2)23-29)33(40)37-30-20-19-27-16-11-12-17-28(27)24-30/h9,11-12,14-20,23-25,31-32H,2,8,10,13,21-22H2,1,3-7H3,(H,37,40)(H,38,42). The normalized spacial score (nSPS) is 12.8. The van der Waals surface area contributed by atoms with Gasteiger partial charge in [-0.3, -0.25) is 9.59 Å². The SMILES string of the molecule is C=Cc1cccc(C(C(=O)Nc2ccc3ccccc3c2)N(CCCCC)C(=O)C(CC(C)C)NC(=O)OC(C)(C)C)c1. The molecule has 0 fully saturated rings. The van der Waals surface area contributed by atoms with Crippen LogP contribution in [0.1, 0.15) is 84.4 Å². The van der Waals surface area contributed by atoms with Crippen molar-refractivity contribution in [1.82, 2.24) is 10.2 Å². The quantitative estimate of drug-likeness (QED) is 0.198. The molecule has 0 aliphatic rings. The summed E-state index contributed by atoms with van der Waals surface area (Å²) >= 11 is 0. The fourth-order valence-electron chi connectivity index (χ4n) is 5.05. The summed E-state index contributed by atoms with van der Waals surface area (Å²) in [6.45, 7) is 15.7. The number of rotatable bonds is 13. The molecule has 0 aliphatic carbocycles. The van der Waals surface area contributed by atoms with E-state index in [1.165, 1.54) is 0 Å². The molecule has 230 valence electrons. The van der Waals surface area contributed by atoms with E-state index in [2.05, 4.69) is 24.1 Å². The molecule has 3 aromatic rings. The Morgan fingerprint density at radius 1 is 0.953 bits per heavy atom. The lowest BCUT2D eigenvalue weighted by molar-refractivity contribution is -0.141.